The van der Waals surface area contributed by atoms with Gasteiger partial charge in [-0.2, -0.15) is 10.2 Å². The van der Waals surface area contributed by atoms with Crippen LogP contribution in [0.2, 0.25) is 15.2 Å². The minimum absolute atomic E-state index is 0.374. The number of benzene rings is 1. The third-order valence-corrected chi connectivity index (χ3v) is 4.31. The molecule has 1 aromatic carbocycles. The van der Waals surface area contributed by atoms with Crippen LogP contribution in [0.5, 0.6) is 0 Å². The molecule has 2 heterocycles. The van der Waals surface area contributed by atoms with E-state index < -0.39 is 0 Å². The first kappa shape index (κ1) is 16.0. The minimum atomic E-state index is 0.374. The van der Waals surface area contributed by atoms with Crippen molar-refractivity contribution in [2.24, 2.45) is 5.10 Å². The number of halogens is 3. The summed E-state index contributed by atoms with van der Waals surface area (Å²) >= 11 is 18.8. The zero-order valence-electron chi connectivity index (χ0n) is 12.0. The Hall–Kier alpha value is -1.89. The fourth-order valence-corrected chi connectivity index (χ4v) is 2.83. The molecule has 0 bridgehead atoms. The summed E-state index contributed by atoms with van der Waals surface area (Å²) in [5.41, 5.74) is 2.22. The summed E-state index contributed by atoms with van der Waals surface area (Å²) in [6.07, 6.45) is 4.57. The number of aryl methyl sites for hydroxylation is 1. The van der Waals surface area contributed by atoms with Crippen LogP contribution in [0.25, 0.3) is 0 Å². The molecule has 0 spiro atoms. The molecule has 0 unspecified atom stereocenters. The molecule has 3 rings (SSSR count). The van der Waals surface area contributed by atoms with Crippen LogP contribution in [0.1, 0.15) is 16.8 Å². The van der Waals surface area contributed by atoms with E-state index in [1.165, 1.54) is 17.3 Å². The van der Waals surface area contributed by atoms with Crippen LogP contribution in [0.3, 0.4) is 0 Å². The van der Waals surface area contributed by atoms with Gasteiger partial charge in [0.15, 0.2) is 0 Å². The Balaban J connectivity index is 1.92. The van der Waals surface area contributed by atoms with E-state index in [1.807, 2.05) is 6.92 Å². The van der Waals surface area contributed by atoms with Gasteiger partial charge in [0.1, 0.15) is 17.8 Å². The molecule has 6 nitrogen and oxygen atoms in total. The first-order chi connectivity index (χ1) is 11.1. The van der Waals surface area contributed by atoms with Crippen LogP contribution in [-0.4, -0.2) is 30.9 Å². The molecule has 23 heavy (non-hydrogen) atoms. The summed E-state index contributed by atoms with van der Waals surface area (Å²) in [7, 11) is 0. The van der Waals surface area contributed by atoms with Gasteiger partial charge in [0.25, 0.3) is 0 Å². The van der Waals surface area contributed by atoms with Crippen LogP contribution >= 0.6 is 34.8 Å². The number of hydrogen-bond acceptors (Lipinski definition) is 4. The molecule has 0 fully saturated rings. The Morgan fingerprint density at radius 3 is 2.43 bits per heavy atom. The molecule has 0 radical (unpaired) electrons. The predicted octanol–water partition coefficient (Wildman–Crippen LogP) is 3.67. The van der Waals surface area contributed by atoms with Crippen molar-refractivity contribution in [3.63, 3.8) is 0 Å². The summed E-state index contributed by atoms with van der Waals surface area (Å²) in [4.78, 5) is 0. The van der Waals surface area contributed by atoms with E-state index in [2.05, 4.69) is 20.4 Å². The highest BCUT2D eigenvalue weighted by Gasteiger charge is 2.14. The fraction of sp³-hybridized carbons (Fsp3) is 0.143. The highest BCUT2D eigenvalue weighted by Crippen LogP contribution is 2.27. The molecule has 3 aromatic rings. The quantitative estimate of drug-likeness (QED) is 0.659. The summed E-state index contributed by atoms with van der Waals surface area (Å²) in [6.45, 7) is 2.22. The lowest BCUT2D eigenvalue weighted by molar-refractivity contribution is 0.680. The zero-order chi connectivity index (χ0) is 16.4. The fourth-order valence-electron chi connectivity index (χ4n) is 2.03. The van der Waals surface area contributed by atoms with Crippen molar-refractivity contribution < 1.29 is 0 Å². The average Bonchev–Trinajstić information content (AvgIpc) is 3.11. The average molecular weight is 370 g/mol. The van der Waals surface area contributed by atoms with Gasteiger partial charge in [-0.25, -0.2) is 9.36 Å². The third-order valence-electron chi connectivity index (χ3n) is 3.21. The lowest BCUT2D eigenvalue weighted by atomic mass is 10.2. The van der Waals surface area contributed by atoms with E-state index in [-0.39, 0.29) is 0 Å². The normalized spacial score (nSPS) is 11.5. The lowest BCUT2D eigenvalue weighted by Gasteiger charge is -2.08. The van der Waals surface area contributed by atoms with Crippen molar-refractivity contribution in [1.82, 2.24) is 24.7 Å². The smallest absolute Gasteiger partial charge is 0.141 e. The van der Waals surface area contributed by atoms with E-state index in [1.54, 1.807) is 29.1 Å². The number of aromatic nitrogens is 5. The molecular formula is C14H11Cl3N6. The van der Waals surface area contributed by atoms with Gasteiger partial charge in [-0.1, -0.05) is 40.9 Å². The van der Waals surface area contributed by atoms with Crippen LogP contribution in [0.15, 0.2) is 36.0 Å². The number of hydrogen-bond donors (Lipinski definition) is 0. The van der Waals surface area contributed by atoms with Gasteiger partial charge in [-0.05, 0) is 19.1 Å². The first-order valence-corrected chi connectivity index (χ1v) is 7.74. The summed E-state index contributed by atoms with van der Waals surface area (Å²) in [5, 5.41) is 17.6. The summed E-state index contributed by atoms with van der Waals surface area (Å²) < 4.78 is 3.11. The zero-order valence-corrected chi connectivity index (χ0v) is 14.3. The molecule has 0 N–H and O–H groups in total. The summed E-state index contributed by atoms with van der Waals surface area (Å²) in [5.74, 6) is 0. The summed E-state index contributed by atoms with van der Waals surface area (Å²) in [6, 6.07) is 5.35. The lowest BCUT2D eigenvalue weighted by Crippen LogP contribution is -2.03. The third kappa shape index (κ3) is 3.39. The SMILES string of the molecule is Cc1nn(Cc2c(Cl)cccc2Cl)c(Cl)c1C=Nn1cnnc1. The maximum absolute atomic E-state index is 6.41. The maximum atomic E-state index is 6.41. The van der Waals surface area contributed by atoms with Crippen LogP contribution in [0, 0.1) is 6.92 Å². The van der Waals surface area contributed by atoms with Crippen LogP contribution < -0.4 is 0 Å². The second-order valence-corrected chi connectivity index (χ2v) is 5.91. The molecule has 118 valence electrons. The van der Waals surface area contributed by atoms with Gasteiger partial charge in [0.05, 0.1) is 24.0 Å². The first-order valence-electron chi connectivity index (χ1n) is 6.61. The van der Waals surface area contributed by atoms with Gasteiger partial charge < -0.3 is 0 Å². The number of nitrogens with zero attached hydrogens (tertiary/aromatic N) is 6. The standard InChI is InChI=1S/C14H11Cl3N6/c1-9-10(5-20-22-7-18-19-8-22)14(17)23(21-9)6-11-12(15)3-2-4-13(11)16/h2-5,7-8H,6H2,1H3. The maximum Gasteiger partial charge on any atom is 0.141 e. The van der Waals surface area contributed by atoms with Crippen molar-refractivity contribution in [1.29, 1.82) is 0 Å². The predicted molar refractivity (Wildman–Crippen MR) is 90.6 cm³/mol. The highest BCUT2D eigenvalue weighted by atomic mass is 35.5. The largest absolute Gasteiger partial charge is 0.249 e. The molecule has 0 aliphatic carbocycles. The van der Waals surface area contributed by atoms with Gasteiger partial charge in [-0.3, -0.25) is 0 Å². The van der Waals surface area contributed by atoms with Crippen LogP contribution in [0.4, 0.5) is 0 Å². The van der Waals surface area contributed by atoms with Gasteiger partial charge >= 0.3 is 0 Å². The van der Waals surface area contributed by atoms with E-state index in [0.717, 1.165) is 11.3 Å². The van der Waals surface area contributed by atoms with Gasteiger partial charge in [0.2, 0.25) is 0 Å². The van der Waals surface area contributed by atoms with Gasteiger partial charge in [-0.15, -0.1) is 10.2 Å². The van der Waals surface area contributed by atoms with E-state index in [4.69, 9.17) is 34.8 Å². The molecule has 0 amide bonds. The topological polar surface area (TPSA) is 60.9 Å². The Kier molecular flexibility index (Phi) is 4.66. The Morgan fingerprint density at radius 2 is 1.78 bits per heavy atom. The second-order valence-electron chi connectivity index (χ2n) is 4.73. The monoisotopic (exact) mass is 368 g/mol. The Morgan fingerprint density at radius 1 is 1.13 bits per heavy atom. The van der Waals surface area contributed by atoms with E-state index in [9.17, 15) is 0 Å². The highest BCUT2D eigenvalue weighted by molar-refractivity contribution is 6.36. The number of rotatable bonds is 4. The van der Waals surface area contributed by atoms with E-state index >= 15 is 0 Å². The van der Waals surface area contributed by atoms with Crippen molar-refractivity contribution in [2.75, 3.05) is 0 Å². The minimum Gasteiger partial charge on any atom is -0.249 e. The molecule has 0 saturated heterocycles. The molecule has 0 saturated carbocycles. The molecule has 9 heteroatoms. The molecule has 0 aliphatic heterocycles. The Bertz CT molecular complexity index is 834. The van der Waals surface area contributed by atoms with Crippen molar-refractivity contribution in [3.8, 4) is 0 Å². The van der Waals surface area contributed by atoms with Crippen LogP contribution in [-0.2, 0) is 6.54 Å². The van der Waals surface area contributed by atoms with Crippen molar-refractivity contribution in [3.05, 3.63) is 62.9 Å². The molecular weight excluding hydrogens is 359 g/mol. The van der Waals surface area contributed by atoms with Crippen molar-refractivity contribution in [2.45, 2.75) is 13.5 Å². The van der Waals surface area contributed by atoms with Crippen molar-refractivity contribution >= 4 is 41.0 Å². The second kappa shape index (κ2) is 6.70. The Labute approximate surface area is 147 Å². The van der Waals surface area contributed by atoms with Gasteiger partial charge in [0, 0.05) is 15.6 Å². The molecule has 0 atom stereocenters. The van der Waals surface area contributed by atoms with E-state index in [0.29, 0.717) is 27.3 Å². The molecule has 2 aromatic heterocycles. The molecule has 0 aliphatic rings.